The van der Waals surface area contributed by atoms with E-state index in [0.29, 0.717) is 5.69 Å². The molecule has 0 heterocycles. The first kappa shape index (κ1) is 26.2. The van der Waals surface area contributed by atoms with Crippen LogP contribution < -0.4 is 10.6 Å². The fourth-order valence-corrected chi connectivity index (χ4v) is 5.33. The first-order valence-corrected chi connectivity index (χ1v) is 13.5. The minimum atomic E-state index is -3.67. The quantitative estimate of drug-likeness (QED) is 0.309. The van der Waals surface area contributed by atoms with Crippen molar-refractivity contribution in [2.24, 2.45) is 0 Å². The summed E-state index contributed by atoms with van der Waals surface area (Å²) in [5.41, 5.74) is 3.16. The van der Waals surface area contributed by atoms with Crippen LogP contribution in [0.5, 0.6) is 0 Å². The Labute approximate surface area is 223 Å². The topological polar surface area (TPSA) is 78.5 Å². The molecule has 0 saturated carbocycles. The smallest absolute Gasteiger partial charge is 0.243 e. The van der Waals surface area contributed by atoms with Gasteiger partial charge in [-0.05, 0) is 53.2 Å². The summed E-state index contributed by atoms with van der Waals surface area (Å²) < 4.78 is 27.3. The van der Waals surface area contributed by atoms with E-state index in [1.807, 2.05) is 91.0 Å². The summed E-state index contributed by atoms with van der Waals surface area (Å²) in [7, 11) is -2.12. The van der Waals surface area contributed by atoms with Gasteiger partial charge in [0.1, 0.15) is 0 Å². The van der Waals surface area contributed by atoms with Gasteiger partial charge in [0, 0.05) is 19.3 Å². The highest BCUT2D eigenvalue weighted by Gasteiger charge is 2.24. The van der Waals surface area contributed by atoms with Crippen LogP contribution in [0.3, 0.4) is 0 Å². The van der Waals surface area contributed by atoms with Crippen LogP contribution in [0, 0.1) is 0 Å². The Hall–Kier alpha value is -3.85. The summed E-state index contributed by atoms with van der Waals surface area (Å²) in [5, 5.41) is 5.86. The molecule has 0 fully saturated rings. The molecule has 4 rings (SSSR count). The number of hydrogen-bond acceptors (Lipinski definition) is 4. The minimum absolute atomic E-state index is 0.124. The highest BCUT2D eigenvalue weighted by molar-refractivity contribution is 7.89. The maximum atomic E-state index is 13.2. The van der Waals surface area contributed by atoms with Gasteiger partial charge in [0.15, 0.2) is 5.11 Å². The van der Waals surface area contributed by atoms with Crippen LogP contribution in [-0.2, 0) is 21.4 Å². The van der Waals surface area contributed by atoms with E-state index in [1.165, 1.54) is 16.4 Å². The molecule has 0 atom stereocenters. The number of sulfonamides is 1. The summed E-state index contributed by atoms with van der Waals surface area (Å²) in [4.78, 5) is 13.4. The van der Waals surface area contributed by atoms with Crippen LogP contribution in [0.2, 0.25) is 0 Å². The van der Waals surface area contributed by atoms with E-state index in [1.54, 1.807) is 19.2 Å². The lowest BCUT2D eigenvalue weighted by Gasteiger charge is -2.19. The zero-order valence-electron chi connectivity index (χ0n) is 20.2. The molecule has 0 saturated heterocycles. The maximum absolute atomic E-state index is 13.2. The van der Waals surface area contributed by atoms with Crippen LogP contribution in [0.25, 0.3) is 0 Å². The summed E-state index contributed by atoms with van der Waals surface area (Å²) in [6.45, 7) is 0.267. The van der Waals surface area contributed by atoms with Crippen molar-refractivity contribution >= 4 is 38.9 Å². The number of anilines is 1. The Bertz CT molecular complexity index is 1410. The van der Waals surface area contributed by atoms with Crippen molar-refractivity contribution in [3.05, 3.63) is 132 Å². The summed E-state index contributed by atoms with van der Waals surface area (Å²) in [6.07, 6.45) is 0. The number of carbonyl (C=O) groups is 1. The number of rotatable bonds is 8. The van der Waals surface area contributed by atoms with E-state index in [0.717, 1.165) is 16.7 Å². The molecule has 0 spiro atoms. The molecule has 188 valence electrons. The average Bonchev–Trinajstić information content (AvgIpc) is 2.91. The van der Waals surface area contributed by atoms with Crippen molar-refractivity contribution in [1.29, 1.82) is 0 Å². The van der Waals surface area contributed by atoms with E-state index in [4.69, 9.17) is 12.2 Å². The second-order valence-corrected chi connectivity index (χ2v) is 10.9. The summed E-state index contributed by atoms with van der Waals surface area (Å²) >= 11 is 5.38. The van der Waals surface area contributed by atoms with Gasteiger partial charge < -0.3 is 10.6 Å². The van der Waals surface area contributed by atoms with Gasteiger partial charge in [-0.25, -0.2) is 8.42 Å². The molecule has 0 radical (unpaired) electrons. The van der Waals surface area contributed by atoms with Crippen LogP contribution in [-0.4, -0.2) is 30.8 Å². The molecular formula is C29H27N3O3S2. The predicted octanol–water partition coefficient (Wildman–Crippen LogP) is 5.15. The lowest BCUT2D eigenvalue weighted by atomic mass is 9.90. The minimum Gasteiger partial charge on any atom is -0.332 e. The molecule has 8 heteroatoms. The van der Waals surface area contributed by atoms with Gasteiger partial charge in [-0.2, -0.15) is 4.31 Å². The molecule has 0 bridgehead atoms. The Morgan fingerprint density at radius 3 is 1.78 bits per heavy atom. The number of carbonyl (C=O) groups excluding carboxylic acids is 1. The summed E-state index contributed by atoms with van der Waals surface area (Å²) in [6, 6.07) is 34.7. The van der Waals surface area contributed by atoms with Gasteiger partial charge in [0.2, 0.25) is 15.9 Å². The zero-order valence-corrected chi connectivity index (χ0v) is 21.9. The molecule has 0 aliphatic heterocycles. The molecule has 4 aromatic carbocycles. The zero-order chi connectivity index (χ0) is 26.3. The molecule has 2 N–H and O–H groups in total. The van der Waals surface area contributed by atoms with Crippen LogP contribution in [0.15, 0.2) is 120 Å². The lowest BCUT2D eigenvalue weighted by molar-refractivity contribution is -0.120. The third-order valence-corrected chi connectivity index (χ3v) is 7.85. The van der Waals surface area contributed by atoms with Crippen molar-refractivity contribution in [2.75, 3.05) is 12.4 Å². The maximum Gasteiger partial charge on any atom is 0.243 e. The van der Waals surface area contributed by atoms with Crippen LogP contribution in [0.4, 0.5) is 5.69 Å². The first-order valence-electron chi connectivity index (χ1n) is 11.7. The fourth-order valence-electron chi connectivity index (χ4n) is 3.95. The monoisotopic (exact) mass is 529 g/mol. The van der Waals surface area contributed by atoms with Crippen molar-refractivity contribution in [1.82, 2.24) is 9.62 Å². The van der Waals surface area contributed by atoms with E-state index < -0.39 is 15.9 Å². The second-order valence-electron chi connectivity index (χ2n) is 8.47. The van der Waals surface area contributed by atoms with Crippen LogP contribution in [0.1, 0.15) is 22.6 Å². The molecular weight excluding hydrogens is 502 g/mol. The van der Waals surface area contributed by atoms with Crippen molar-refractivity contribution in [3.63, 3.8) is 0 Å². The molecule has 1 amide bonds. The van der Waals surface area contributed by atoms with Gasteiger partial charge in [0.25, 0.3) is 0 Å². The highest BCUT2D eigenvalue weighted by Crippen LogP contribution is 2.25. The molecule has 6 nitrogen and oxygen atoms in total. The third kappa shape index (κ3) is 6.68. The Morgan fingerprint density at radius 2 is 1.27 bits per heavy atom. The number of hydrogen-bond donors (Lipinski definition) is 2. The molecule has 37 heavy (non-hydrogen) atoms. The van der Waals surface area contributed by atoms with Gasteiger partial charge in [-0.3, -0.25) is 4.79 Å². The standard InChI is InChI=1S/C29H27N3O3S2/c1-32(21-22-11-5-2-6-12-22)37(34,35)26-19-17-25(18-20-26)30-29(36)31-28(33)27(23-13-7-3-8-14-23)24-15-9-4-10-16-24/h2-20,27H,21H2,1H3,(H2,30,31,33,36). The largest absolute Gasteiger partial charge is 0.332 e. The predicted molar refractivity (Wildman–Crippen MR) is 151 cm³/mol. The normalized spacial score (nSPS) is 11.3. The third-order valence-electron chi connectivity index (χ3n) is 5.83. The van der Waals surface area contributed by atoms with Crippen molar-refractivity contribution in [2.45, 2.75) is 17.4 Å². The number of thiocarbonyl (C=S) groups is 1. The van der Waals surface area contributed by atoms with E-state index in [-0.39, 0.29) is 22.5 Å². The Kier molecular flexibility index (Phi) is 8.45. The molecule has 0 aliphatic rings. The number of nitrogens with zero attached hydrogens (tertiary/aromatic N) is 1. The lowest BCUT2D eigenvalue weighted by Crippen LogP contribution is -2.37. The van der Waals surface area contributed by atoms with Crippen molar-refractivity contribution in [3.8, 4) is 0 Å². The van der Waals surface area contributed by atoms with Gasteiger partial charge in [-0.15, -0.1) is 0 Å². The number of benzene rings is 4. The number of amides is 1. The second kappa shape index (κ2) is 11.9. The van der Waals surface area contributed by atoms with E-state index >= 15 is 0 Å². The highest BCUT2D eigenvalue weighted by atomic mass is 32.2. The van der Waals surface area contributed by atoms with E-state index in [9.17, 15) is 13.2 Å². The van der Waals surface area contributed by atoms with E-state index in [2.05, 4.69) is 10.6 Å². The SMILES string of the molecule is CN(Cc1ccccc1)S(=O)(=O)c1ccc(NC(=S)NC(=O)C(c2ccccc2)c2ccccc2)cc1. The fraction of sp³-hybridized carbons (Fsp3) is 0.103. The Morgan fingerprint density at radius 1 is 0.784 bits per heavy atom. The van der Waals surface area contributed by atoms with Gasteiger partial charge >= 0.3 is 0 Å². The van der Waals surface area contributed by atoms with Gasteiger partial charge in [0.05, 0.1) is 10.8 Å². The molecule has 0 unspecified atom stereocenters. The molecule has 4 aromatic rings. The average molecular weight is 530 g/mol. The molecule has 0 aliphatic carbocycles. The Balaban J connectivity index is 1.42. The number of nitrogens with one attached hydrogen (secondary N) is 2. The summed E-state index contributed by atoms with van der Waals surface area (Å²) in [5.74, 6) is -0.800. The first-order chi connectivity index (χ1) is 17.8. The van der Waals surface area contributed by atoms with Crippen LogP contribution >= 0.6 is 12.2 Å². The van der Waals surface area contributed by atoms with Crippen molar-refractivity contribution < 1.29 is 13.2 Å². The van der Waals surface area contributed by atoms with Gasteiger partial charge in [-0.1, -0.05) is 91.0 Å². The molecule has 0 aromatic heterocycles.